The normalized spacial score (nSPS) is 13.9. The smallest absolute Gasteiger partial charge is 0.0593 e. The predicted molar refractivity (Wildman–Crippen MR) is 66.2 cm³/mol. The molecule has 0 aromatic rings. The third-order valence-electron chi connectivity index (χ3n) is 2.02. The van der Waals surface area contributed by atoms with Crippen LogP contribution in [0.2, 0.25) is 0 Å². The lowest BCUT2D eigenvalue weighted by molar-refractivity contribution is 0.103. The lowest BCUT2D eigenvalue weighted by atomic mass is 10.1. The van der Waals surface area contributed by atoms with Crippen molar-refractivity contribution in [3.8, 4) is 0 Å². The Kier molecular flexibility index (Phi) is 8.94. The Bertz CT molecular complexity index is 128. The van der Waals surface area contributed by atoms with Crippen LogP contribution in [0.1, 0.15) is 27.2 Å². The SMILES string of the molecule is CC(C)CCOCCN(C)CC(C)Br. The molecule has 0 saturated carbocycles. The molecular formula is C11H24BrNO. The number of hydrogen-bond donors (Lipinski definition) is 0. The number of rotatable bonds is 8. The van der Waals surface area contributed by atoms with Gasteiger partial charge in [-0.1, -0.05) is 36.7 Å². The summed E-state index contributed by atoms with van der Waals surface area (Å²) in [7, 11) is 2.13. The standard InChI is InChI=1S/C11H24BrNO/c1-10(2)5-7-14-8-6-13(4)9-11(3)12/h10-11H,5-9H2,1-4H3. The number of ether oxygens (including phenoxy) is 1. The maximum Gasteiger partial charge on any atom is 0.0593 e. The van der Waals surface area contributed by atoms with Crippen LogP contribution in [0.3, 0.4) is 0 Å². The molecule has 0 aromatic heterocycles. The van der Waals surface area contributed by atoms with Crippen LogP contribution in [0.15, 0.2) is 0 Å². The minimum absolute atomic E-state index is 0.558. The van der Waals surface area contributed by atoms with Gasteiger partial charge >= 0.3 is 0 Å². The first kappa shape index (κ1) is 14.4. The average molecular weight is 266 g/mol. The van der Waals surface area contributed by atoms with Crippen molar-refractivity contribution in [2.24, 2.45) is 5.92 Å². The van der Waals surface area contributed by atoms with Gasteiger partial charge in [-0.25, -0.2) is 0 Å². The summed E-state index contributed by atoms with van der Waals surface area (Å²) in [5.41, 5.74) is 0. The van der Waals surface area contributed by atoms with Crippen LogP contribution in [-0.2, 0) is 4.74 Å². The average Bonchev–Trinajstić information content (AvgIpc) is 2.01. The van der Waals surface area contributed by atoms with Crippen LogP contribution in [0.4, 0.5) is 0 Å². The van der Waals surface area contributed by atoms with E-state index in [0.717, 1.165) is 32.2 Å². The molecular weight excluding hydrogens is 242 g/mol. The van der Waals surface area contributed by atoms with Gasteiger partial charge < -0.3 is 9.64 Å². The highest BCUT2D eigenvalue weighted by atomic mass is 79.9. The maximum absolute atomic E-state index is 5.54. The molecule has 0 bridgehead atoms. The maximum atomic E-state index is 5.54. The van der Waals surface area contributed by atoms with E-state index in [1.54, 1.807) is 0 Å². The van der Waals surface area contributed by atoms with Gasteiger partial charge in [0.1, 0.15) is 0 Å². The molecule has 2 nitrogen and oxygen atoms in total. The summed E-state index contributed by atoms with van der Waals surface area (Å²) < 4.78 is 5.54. The molecule has 0 aliphatic rings. The fourth-order valence-corrected chi connectivity index (χ4v) is 1.66. The minimum atomic E-state index is 0.558. The quantitative estimate of drug-likeness (QED) is 0.495. The summed E-state index contributed by atoms with van der Waals surface area (Å²) in [6, 6.07) is 0. The molecule has 14 heavy (non-hydrogen) atoms. The van der Waals surface area contributed by atoms with E-state index in [-0.39, 0.29) is 0 Å². The zero-order valence-electron chi connectivity index (χ0n) is 9.92. The van der Waals surface area contributed by atoms with E-state index in [2.05, 4.69) is 48.6 Å². The molecule has 0 radical (unpaired) electrons. The second kappa shape index (κ2) is 8.69. The minimum Gasteiger partial charge on any atom is -0.380 e. The van der Waals surface area contributed by atoms with Gasteiger partial charge in [0.15, 0.2) is 0 Å². The van der Waals surface area contributed by atoms with Crippen molar-refractivity contribution < 1.29 is 4.74 Å². The van der Waals surface area contributed by atoms with Gasteiger partial charge in [0, 0.05) is 24.5 Å². The molecule has 0 aliphatic heterocycles. The molecule has 1 unspecified atom stereocenters. The molecule has 0 spiro atoms. The zero-order chi connectivity index (χ0) is 11.0. The lowest BCUT2D eigenvalue weighted by Gasteiger charge is -2.18. The predicted octanol–water partition coefficient (Wildman–Crippen LogP) is 2.76. The number of halogens is 1. The van der Waals surface area contributed by atoms with E-state index in [9.17, 15) is 0 Å². The summed E-state index contributed by atoms with van der Waals surface area (Å²) in [5, 5.41) is 0. The van der Waals surface area contributed by atoms with Crippen molar-refractivity contribution in [1.82, 2.24) is 4.90 Å². The Hall–Kier alpha value is 0.400. The van der Waals surface area contributed by atoms with Crippen molar-refractivity contribution in [1.29, 1.82) is 0 Å². The topological polar surface area (TPSA) is 12.5 Å². The molecule has 86 valence electrons. The molecule has 0 saturated heterocycles. The fraction of sp³-hybridized carbons (Fsp3) is 1.00. The monoisotopic (exact) mass is 265 g/mol. The molecule has 0 heterocycles. The summed E-state index contributed by atoms with van der Waals surface area (Å²) in [6.45, 7) is 10.5. The Balaban J connectivity index is 3.19. The second-order valence-electron chi connectivity index (χ2n) is 4.34. The highest BCUT2D eigenvalue weighted by Gasteiger charge is 2.02. The van der Waals surface area contributed by atoms with Crippen molar-refractivity contribution in [3.63, 3.8) is 0 Å². The Morgan fingerprint density at radius 1 is 1.21 bits per heavy atom. The van der Waals surface area contributed by atoms with Gasteiger partial charge in [-0.15, -0.1) is 0 Å². The highest BCUT2D eigenvalue weighted by molar-refractivity contribution is 9.09. The Morgan fingerprint density at radius 2 is 1.86 bits per heavy atom. The Labute approximate surface area is 97.1 Å². The van der Waals surface area contributed by atoms with Crippen LogP contribution in [0.5, 0.6) is 0 Å². The molecule has 0 amide bonds. The van der Waals surface area contributed by atoms with Crippen LogP contribution in [0, 0.1) is 5.92 Å². The van der Waals surface area contributed by atoms with Crippen molar-refractivity contribution >= 4 is 15.9 Å². The van der Waals surface area contributed by atoms with Crippen molar-refractivity contribution in [2.75, 3.05) is 33.4 Å². The van der Waals surface area contributed by atoms with Gasteiger partial charge in [-0.3, -0.25) is 0 Å². The van der Waals surface area contributed by atoms with E-state index in [1.165, 1.54) is 6.42 Å². The van der Waals surface area contributed by atoms with E-state index in [0.29, 0.717) is 4.83 Å². The summed E-state index contributed by atoms with van der Waals surface area (Å²) >= 11 is 3.53. The number of hydrogen-bond acceptors (Lipinski definition) is 2. The van der Waals surface area contributed by atoms with E-state index >= 15 is 0 Å². The Morgan fingerprint density at radius 3 is 2.36 bits per heavy atom. The van der Waals surface area contributed by atoms with E-state index in [4.69, 9.17) is 4.74 Å². The van der Waals surface area contributed by atoms with Gasteiger partial charge in [-0.05, 0) is 19.4 Å². The highest BCUT2D eigenvalue weighted by Crippen LogP contribution is 2.00. The third kappa shape index (κ3) is 10.5. The largest absolute Gasteiger partial charge is 0.380 e. The van der Waals surface area contributed by atoms with Gasteiger partial charge in [0.05, 0.1) is 6.61 Å². The summed E-state index contributed by atoms with van der Waals surface area (Å²) in [5.74, 6) is 0.746. The first-order valence-corrected chi connectivity index (χ1v) is 6.34. The van der Waals surface area contributed by atoms with Gasteiger partial charge in [0.25, 0.3) is 0 Å². The fourth-order valence-electron chi connectivity index (χ4n) is 1.16. The number of likely N-dealkylation sites (N-methyl/N-ethyl adjacent to an activating group) is 1. The van der Waals surface area contributed by atoms with Crippen LogP contribution in [-0.4, -0.2) is 43.1 Å². The summed E-state index contributed by atoms with van der Waals surface area (Å²) in [4.78, 5) is 2.84. The molecule has 0 aliphatic carbocycles. The van der Waals surface area contributed by atoms with E-state index < -0.39 is 0 Å². The molecule has 0 rings (SSSR count). The van der Waals surface area contributed by atoms with Crippen molar-refractivity contribution in [2.45, 2.75) is 32.0 Å². The molecule has 0 aromatic carbocycles. The van der Waals surface area contributed by atoms with Crippen LogP contribution >= 0.6 is 15.9 Å². The first-order valence-electron chi connectivity index (χ1n) is 5.42. The molecule has 0 N–H and O–H groups in total. The van der Waals surface area contributed by atoms with Crippen LogP contribution in [0.25, 0.3) is 0 Å². The van der Waals surface area contributed by atoms with Crippen molar-refractivity contribution in [3.05, 3.63) is 0 Å². The zero-order valence-corrected chi connectivity index (χ0v) is 11.5. The number of alkyl halides is 1. The van der Waals surface area contributed by atoms with E-state index in [1.807, 2.05) is 0 Å². The van der Waals surface area contributed by atoms with Crippen LogP contribution < -0.4 is 0 Å². The summed E-state index contributed by atoms with van der Waals surface area (Å²) in [6.07, 6.45) is 1.17. The molecule has 1 atom stereocenters. The van der Waals surface area contributed by atoms with Gasteiger partial charge in [-0.2, -0.15) is 0 Å². The second-order valence-corrected chi connectivity index (χ2v) is 5.90. The molecule has 0 fully saturated rings. The molecule has 3 heteroatoms. The number of nitrogens with zero attached hydrogens (tertiary/aromatic N) is 1. The van der Waals surface area contributed by atoms with Gasteiger partial charge in [0.2, 0.25) is 0 Å². The lowest BCUT2D eigenvalue weighted by Crippen LogP contribution is -2.28. The first-order chi connectivity index (χ1) is 6.52. The third-order valence-corrected chi connectivity index (χ3v) is 2.31.